The van der Waals surface area contributed by atoms with Gasteiger partial charge in [-0.1, -0.05) is 0 Å². The summed E-state index contributed by atoms with van der Waals surface area (Å²) in [6.07, 6.45) is -4.58. The van der Waals surface area contributed by atoms with Crippen molar-refractivity contribution in [3.05, 3.63) is 40.2 Å². The minimum absolute atomic E-state index is 0.00324. The van der Waals surface area contributed by atoms with Crippen LogP contribution in [0.2, 0.25) is 0 Å². The Labute approximate surface area is 121 Å². The molecule has 0 saturated heterocycles. The summed E-state index contributed by atoms with van der Waals surface area (Å²) in [5, 5.41) is -0.00324. The number of carbonyl (C=O) groups excluding carboxylic acids is 1. The van der Waals surface area contributed by atoms with Crippen molar-refractivity contribution in [1.82, 2.24) is 4.98 Å². The molecular weight excluding hydrogens is 310 g/mol. The highest BCUT2D eigenvalue weighted by atomic mass is 32.1. The van der Waals surface area contributed by atoms with E-state index in [1.165, 1.54) is 0 Å². The van der Waals surface area contributed by atoms with Gasteiger partial charge in [-0.25, -0.2) is 14.2 Å². The van der Waals surface area contributed by atoms with Gasteiger partial charge in [0.15, 0.2) is 5.69 Å². The predicted molar refractivity (Wildman–Crippen MR) is 68.6 cm³/mol. The van der Waals surface area contributed by atoms with Crippen LogP contribution in [0.5, 0.6) is 0 Å². The van der Waals surface area contributed by atoms with Gasteiger partial charge in [-0.2, -0.15) is 13.2 Å². The summed E-state index contributed by atoms with van der Waals surface area (Å²) in [6.45, 7) is 1.55. The lowest BCUT2D eigenvalue weighted by molar-refractivity contribution is -0.137. The number of hydrogen-bond acceptors (Lipinski definition) is 4. The molecule has 0 aliphatic heterocycles. The first-order chi connectivity index (χ1) is 9.74. The first kappa shape index (κ1) is 15.4. The van der Waals surface area contributed by atoms with Crippen molar-refractivity contribution in [1.29, 1.82) is 0 Å². The van der Waals surface area contributed by atoms with Gasteiger partial charge in [-0.15, -0.1) is 11.3 Å². The second-order valence-electron chi connectivity index (χ2n) is 4.11. The van der Waals surface area contributed by atoms with Crippen molar-refractivity contribution < 1.29 is 27.1 Å². The number of halogens is 4. The second kappa shape index (κ2) is 5.44. The fraction of sp³-hybridized carbons (Fsp3) is 0.231. The van der Waals surface area contributed by atoms with Crippen LogP contribution in [0, 0.1) is 12.7 Å². The molecule has 2 aromatic rings. The first-order valence-corrected chi connectivity index (χ1v) is 6.48. The van der Waals surface area contributed by atoms with Crippen LogP contribution in [-0.4, -0.2) is 18.1 Å². The maximum absolute atomic E-state index is 13.8. The molecule has 2 rings (SSSR count). The summed E-state index contributed by atoms with van der Waals surface area (Å²) >= 11 is 0.925. The third-order valence-corrected chi connectivity index (χ3v) is 3.70. The quantitative estimate of drug-likeness (QED) is 0.619. The third kappa shape index (κ3) is 3.05. The molecular formula is C13H9F4NO2S. The van der Waals surface area contributed by atoms with Crippen LogP contribution in [0.25, 0.3) is 10.6 Å². The third-order valence-electron chi connectivity index (χ3n) is 2.70. The van der Waals surface area contributed by atoms with E-state index in [4.69, 9.17) is 0 Å². The van der Waals surface area contributed by atoms with E-state index in [1.807, 2.05) is 0 Å². The first-order valence-electron chi connectivity index (χ1n) is 5.67. The van der Waals surface area contributed by atoms with Crippen molar-refractivity contribution in [2.24, 2.45) is 0 Å². The monoisotopic (exact) mass is 319 g/mol. The molecule has 0 amide bonds. The Kier molecular flexibility index (Phi) is 3.99. The van der Waals surface area contributed by atoms with E-state index in [0.717, 1.165) is 24.5 Å². The van der Waals surface area contributed by atoms with Crippen LogP contribution in [0.15, 0.2) is 18.2 Å². The molecule has 0 bridgehead atoms. The Morgan fingerprint density at radius 1 is 1.33 bits per heavy atom. The normalized spacial score (nSPS) is 11.5. The average molecular weight is 319 g/mol. The zero-order valence-corrected chi connectivity index (χ0v) is 11.7. The Hall–Kier alpha value is -1.96. The highest BCUT2D eigenvalue weighted by molar-refractivity contribution is 7.15. The van der Waals surface area contributed by atoms with Crippen molar-refractivity contribution in [3.8, 4) is 10.6 Å². The zero-order chi connectivity index (χ0) is 15.8. The molecule has 8 heteroatoms. The van der Waals surface area contributed by atoms with E-state index in [0.29, 0.717) is 17.0 Å². The summed E-state index contributed by atoms with van der Waals surface area (Å²) < 4.78 is 56.3. The number of rotatable bonds is 2. The molecule has 0 radical (unpaired) electrons. The number of esters is 1. The number of aromatic nitrogens is 1. The highest BCUT2D eigenvalue weighted by Crippen LogP contribution is 2.35. The molecule has 0 atom stereocenters. The van der Waals surface area contributed by atoms with Gasteiger partial charge in [-0.05, 0) is 25.1 Å². The topological polar surface area (TPSA) is 39.2 Å². The minimum atomic E-state index is -4.58. The van der Waals surface area contributed by atoms with Crippen molar-refractivity contribution in [2.45, 2.75) is 13.1 Å². The summed E-state index contributed by atoms with van der Waals surface area (Å²) in [6, 6.07) is 2.06. The van der Waals surface area contributed by atoms with E-state index in [-0.39, 0.29) is 16.3 Å². The maximum Gasteiger partial charge on any atom is 0.416 e. The number of alkyl halides is 3. The molecule has 3 nitrogen and oxygen atoms in total. The summed E-state index contributed by atoms with van der Waals surface area (Å²) in [5.41, 5.74) is -1.31. The molecule has 0 saturated carbocycles. The molecule has 0 aliphatic rings. The lowest BCUT2D eigenvalue weighted by Gasteiger charge is -2.08. The fourth-order valence-corrected chi connectivity index (χ4v) is 2.58. The molecule has 1 aromatic carbocycles. The number of carbonyl (C=O) groups is 1. The van der Waals surface area contributed by atoms with Crippen LogP contribution < -0.4 is 0 Å². The molecule has 0 N–H and O–H groups in total. The average Bonchev–Trinajstić information content (AvgIpc) is 2.79. The van der Waals surface area contributed by atoms with Gasteiger partial charge in [-0.3, -0.25) is 0 Å². The van der Waals surface area contributed by atoms with E-state index in [2.05, 4.69) is 9.72 Å². The Balaban J connectivity index is 2.54. The largest absolute Gasteiger partial charge is 0.464 e. The summed E-state index contributed by atoms with van der Waals surface area (Å²) in [4.78, 5) is 15.7. The standard InChI is InChI=1S/C13H9F4NO2S/c1-6-10(12(19)20-2)18-11(21-6)8-5-7(13(15,16)17)3-4-9(8)14/h3-5H,1-2H3. The molecule has 112 valence electrons. The number of thiazole rings is 1. The number of aryl methyl sites for hydroxylation is 1. The molecule has 0 fully saturated rings. The van der Waals surface area contributed by atoms with Crippen molar-refractivity contribution >= 4 is 17.3 Å². The highest BCUT2D eigenvalue weighted by Gasteiger charge is 2.31. The van der Waals surface area contributed by atoms with Gasteiger partial charge >= 0.3 is 12.1 Å². The summed E-state index contributed by atoms with van der Waals surface area (Å²) in [5.74, 6) is -1.56. The fourth-order valence-electron chi connectivity index (χ4n) is 1.66. The number of benzene rings is 1. The lowest BCUT2D eigenvalue weighted by atomic mass is 10.1. The molecule has 21 heavy (non-hydrogen) atoms. The van der Waals surface area contributed by atoms with Gasteiger partial charge in [0.1, 0.15) is 10.8 Å². The summed E-state index contributed by atoms with van der Waals surface area (Å²) in [7, 11) is 1.16. The maximum atomic E-state index is 13.8. The number of ether oxygens (including phenoxy) is 1. The number of hydrogen-bond donors (Lipinski definition) is 0. The minimum Gasteiger partial charge on any atom is -0.464 e. The molecule has 1 heterocycles. The molecule has 1 aromatic heterocycles. The van der Waals surface area contributed by atoms with E-state index in [9.17, 15) is 22.4 Å². The molecule has 0 spiro atoms. The van der Waals surface area contributed by atoms with E-state index >= 15 is 0 Å². The van der Waals surface area contributed by atoms with Crippen molar-refractivity contribution in [2.75, 3.05) is 7.11 Å². The molecule has 0 aliphatic carbocycles. The smallest absolute Gasteiger partial charge is 0.416 e. The zero-order valence-electron chi connectivity index (χ0n) is 10.9. The van der Waals surface area contributed by atoms with Gasteiger partial charge in [0.05, 0.1) is 12.7 Å². The Morgan fingerprint density at radius 3 is 2.57 bits per heavy atom. The Morgan fingerprint density at radius 2 is 2.00 bits per heavy atom. The number of methoxy groups -OCH3 is 1. The van der Waals surface area contributed by atoms with Crippen LogP contribution in [0.1, 0.15) is 20.9 Å². The SMILES string of the molecule is COC(=O)c1nc(-c2cc(C(F)(F)F)ccc2F)sc1C. The lowest BCUT2D eigenvalue weighted by Crippen LogP contribution is -2.05. The van der Waals surface area contributed by atoms with Crippen molar-refractivity contribution in [3.63, 3.8) is 0 Å². The van der Waals surface area contributed by atoms with Gasteiger partial charge in [0.2, 0.25) is 0 Å². The molecule has 0 unspecified atom stereocenters. The van der Waals surface area contributed by atoms with E-state index in [1.54, 1.807) is 6.92 Å². The van der Waals surface area contributed by atoms with Crippen LogP contribution in [0.4, 0.5) is 17.6 Å². The second-order valence-corrected chi connectivity index (χ2v) is 5.31. The van der Waals surface area contributed by atoms with Gasteiger partial charge < -0.3 is 4.74 Å². The number of nitrogens with zero attached hydrogens (tertiary/aromatic N) is 1. The van der Waals surface area contributed by atoms with Gasteiger partial charge in [0, 0.05) is 10.4 Å². The van der Waals surface area contributed by atoms with Crippen LogP contribution >= 0.6 is 11.3 Å². The van der Waals surface area contributed by atoms with Crippen LogP contribution in [0.3, 0.4) is 0 Å². The van der Waals surface area contributed by atoms with Gasteiger partial charge in [0.25, 0.3) is 0 Å². The van der Waals surface area contributed by atoms with E-state index < -0.39 is 23.5 Å². The predicted octanol–water partition coefficient (Wildman–Crippen LogP) is 4.06. The Bertz CT molecular complexity index is 694. The van der Waals surface area contributed by atoms with Crippen LogP contribution in [-0.2, 0) is 10.9 Å².